The Labute approximate surface area is 119 Å². The molecule has 0 radical (unpaired) electrons. The van der Waals surface area contributed by atoms with E-state index in [1.807, 2.05) is 32.0 Å². The molecule has 0 fully saturated rings. The van der Waals surface area contributed by atoms with E-state index >= 15 is 0 Å². The average Bonchev–Trinajstić information content (AvgIpc) is 2.34. The Morgan fingerprint density at radius 3 is 2.72 bits per heavy atom. The molecule has 0 N–H and O–H groups in total. The second-order valence-corrected chi connectivity index (χ2v) is 5.03. The molecule has 0 aliphatic rings. The predicted octanol–water partition coefficient (Wildman–Crippen LogP) is 4.39. The molecule has 2 rings (SSSR count). The van der Waals surface area contributed by atoms with Crippen molar-refractivity contribution in [1.29, 1.82) is 0 Å². The van der Waals surface area contributed by atoms with Crippen LogP contribution < -0.4 is 4.74 Å². The molecule has 3 nitrogen and oxygen atoms in total. The highest BCUT2D eigenvalue weighted by molar-refractivity contribution is 9.10. The zero-order valence-electron chi connectivity index (χ0n) is 10.1. The van der Waals surface area contributed by atoms with Gasteiger partial charge in [0.25, 0.3) is 0 Å². The minimum absolute atomic E-state index is 0.336. The highest BCUT2D eigenvalue weighted by atomic mass is 79.9. The number of ether oxygens (including phenoxy) is 1. The van der Waals surface area contributed by atoms with Gasteiger partial charge in [-0.05, 0) is 37.6 Å². The Balaban J connectivity index is 2.23. The first-order valence-electron chi connectivity index (χ1n) is 5.42. The Morgan fingerprint density at radius 1 is 1.33 bits per heavy atom. The monoisotopic (exact) mass is 326 g/mol. The van der Waals surface area contributed by atoms with E-state index in [-0.39, 0.29) is 0 Å². The largest absolute Gasteiger partial charge is 0.424 e. The lowest BCUT2D eigenvalue weighted by atomic mass is 10.2. The third-order valence-corrected chi connectivity index (χ3v) is 3.72. The molecule has 0 aliphatic heterocycles. The zero-order valence-corrected chi connectivity index (χ0v) is 12.4. The molecular weight excluding hydrogens is 316 g/mol. The Hall–Kier alpha value is -1.13. The molecule has 0 spiro atoms. The lowest BCUT2D eigenvalue weighted by Crippen LogP contribution is -1.97. The van der Waals surface area contributed by atoms with Gasteiger partial charge in [0.1, 0.15) is 5.75 Å². The van der Waals surface area contributed by atoms with Crippen molar-refractivity contribution in [2.75, 3.05) is 0 Å². The number of halogens is 2. The Kier molecular flexibility index (Phi) is 4.19. The first-order chi connectivity index (χ1) is 8.60. The van der Waals surface area contributed by atoms with E-state index in [1.54, 1.807) is 6.20 Å². The van der Waals surface area contributed by atoms with Crippen LogP contribution in [0.25, 0.3) is 0 Å². The van der Waals surface area contributed by atoms with Gasteiger partial charge in [-0.2, -0.15) is 4.98 Å². The second-order valence-electron chi connectivity index (χ2n) is 3.91. The van der Waals surface area contributed by atoms with E-state index in [0.29, 0.717) is 17.6 Å². The number of rotatable bonds is 3. The van der Waals surface area contributed by atoms with E-state index < -0.39 is 0 Å². The maximum absolute atomic E-state index is 5.76. The van der Waals surface area contributed by atoms with Crippen LogP contribution in [0.5, 0.6) is 11.8 Å². The molecule has 0 bridgehead atoms. The molecule has 0 atom stereocenters. The van der Waals surface area contributed by atoms with E-state index in [1.165, 1.54) is 0 Å². The highest BCUT2D eigenvalue weighted by Gasteiger charge is 2.05. The Morgan fingerprint density at radius 2 is 2.11 bits per heavy atom. The molecule has 0 aliphatic carbocycles. The summed E-state index contributed by atoms with van der Waals surface area (Å²) in [6, 6.07) is 6.07. The molecular formula is C13H12BrClN2O. The van der Waals surface area contributed by atoms with Gasteiger partial charge in [-0.15, -0.1) is 11.6 Å². The van der Waals surface area contributed by atoms with Gasteiger partial charge in [-0.25, -0.2) is 4.98 Å². The van der Waals surface area contributed by atoms with E-state index in [2.05, 4.69) is 25.9 Å². The Bertz CT molecular complexity index is 575. The van der Waals surface area contributed by atoms with Gasteiger partial charge in [-0.3, -0.25) is 0 Å². The van der Waals surface area contributed by atoms with Gasteiger partial charge in [0, 0.05) is 21.9 Å². The van der Waals surface area contributed by atoms with Crippen LogP contribution in [0.4, 0.5) is 0 Å². The standard InChI is InChI=1S/C13H12BrClN2O/c1-8-5-11(3-4-12(8)14)18-13-16-7-10(6-15)9(2)17-13/h3-5,7H,6H2,1-2H3. The number of aromatic nitrogens is 2. The molecule has 0 saturated carbocycles. The van der Waals surface area contributed by atoms with Crippen molar-refractivity contribution >= 4 is 27.5 Å². The van der Waals surface area contributed by atoms with Crippen LogP contribution >= 0.6 is 27.5 Å². The van der Waals surface area contributed by atoms with Crippen molar-refractivity contribution in [3.05, 3.63) is 45.7 Å². The van der Waals surface area contributed by atoms with Crippen LogP contribution in [0.15, 0.2) is 28.9 Å². The summed E-state index contributed by atoms with van der Waals surface area (Å²) >= 11 is 9.20. The smallest absolute Gasteiger partial charge is 0.322 e. The molecule has 1 aromatic carbocycles. The second kappa shape index (κ2) is 5.67. The van der Waals surface area contributed by atoms with Gasteiger partial charge in [0.2, 0.25) is 0 Å². The number of alkyl halides is 1. The van der Waals surface area contributed by atoms with Crippen molar-refractivity contribution in [2.45, 2.75) is 19.7 Å². The summed E-state index contributed by atoms with van der Waals surface area (Å²) in [4.78, 5) is 8.39. The number of nitrogens with zero attached hydrogens (tertiary/aromatic N) is 2. The summed E-state index contributed by atoms with van der Waals surface area (Å²) in [5.74, 6) is 1.12. The fourth-order valence-electron chi connectivity index (χ4n) is 1.44. The van der Waals surface area contributed by atoms with E-state index in [0.717, 1.165) is 21.3 Å². The summed E-state index contributed by atoms with van der Waals surface area (Å²) in [6.45, 7) is 3.89. The summed E-state index contributed by atoms with van der Waals surface area (Å²) in [7, 11) is 0. The van der Waals surface area contributed by atoms with Gasteiger partial charge in [-0.1, -0.05) is 15.9 Å². The fraction of sp³-hybridized carbons (Fsp3) is 0.231. The number of aryl methyl sites for hydroxylation is 2. The van der Waals surface area contributed by atoms with E-state index in [4.69, 9.17) is 16.3 Å². The zero-order chi connectivity index (χ0) is 13.1. The van der Waals surface area contributed by atoms with Crippen LogP contribution in [0.1, 0.15) is 16.8 Å². The molecule has 0 unspecified atom stereocenters. The van der Waals surface area contributed by atoms with Crippen LogP contribution in [0.2, 0.25) is 0 Å². The normalized spacial score (nSPS) is 10.4. The summed E-state index contributed by atoms with van der Waals surface area (Å²) in [5, 5.41) is 0. The maximum Gasteiger partial charge on any atom is 0.322 e. The van der Waals surface area contributed by atoms with Gasteiger partial charge in [0.05, 0.1) is 5.88 Å². The third kappa shape index (κ3) is 3.00. The molecule has 1 aromatic heterocycles. The minimum atomic E-state index is 0.336. The average molecular weight is 328 g/mol. The van der Waals surface area contributed by atoms with Crippen LogP contribution in [0.3, 0.4) is 0 Å². The highest BCUT2D eigenvalue weighted by Crippen LogP contribution is 2.24. The first-order valence-corrected chi connectivity index (χ1v) is 6.75. The number of hydrogen-bond donors (Lipinski definition) is 0. The maximum atomic E-state index is 5.76. The molecule has 5 heteroatoms. The molecule has 1 heterocycles. The molecule has 2 aromatic rings. The fourth-order valence-corrected chi connectivity index (χ4v) is 1.95. The number of hydrogen-bond acceptors (Lipinski definition) is 3. The van der Waals surface area contributed by atoms with Gasteiger partial charge in [0.15, 0.2) is 0 Å². The van der Waals surface area contributed by atoms with Gasteiger partial charge < -0.3 is 4.74 Å². The van der Waals surface area contributed by atoms with Crippen molar-refractivity contribution in [1.82, 2.24) is 9.97 Å². The molecule has 0 amide bonds. The lowest BCUT2D eigenvalue weighted by molar-refractivity contribution is 0.439. The van der Waals surface area contributed by atoms with Gasteiger partial charge >= 0.3 is 6.01 Å². The predicted molar refractivity (Wildman–Crippen MR) is 75.3 cm³/mol. The topological polar surface area (TPSA) is 35.0 Å². The minimum Gasteiger partial charge on any atom is -0.424 e. The molecule has 0 saturated heterocycles. The van der Waals surface area contributed by atoms with Crippen molar-refractivity contribution < 1.29 is 4.74 Å². The van der Waals surface area contributed by atoms with Crippen molar-refractivity contribution in [2.24, 2.45) is 0 Å². The van der Waals surface area contributed by atoms with Crippen LogP contribution in [0, 0.1) is 13.8 Å². The van der Waals surface area contributed by atoms with E-state index in [9.17, 15) is 0 Å². The SMILES string of the molecule is Cc1cc(Oc2ncc(CCl)c(C)n2)ccc1Br. The molecule has 18 heavy (non-hydrogen) atoms. The first kappa shape index (κ1) is 13.3. The number of benzene rings is 1. The third-order valence-electron chi connectivity index (χ3n) is 2.54. The summed E-state index contributed by atoms with van der Waals surface area (Å²) in [5.41, 5.74) is 2.85. The quantitative estimate of drug-likeness (QED) is 0.784. The van der Waals surface area contributed by atoms with Crippen molar-refractivity contribution in [3.63, 3.8) is 0 Å². The van der Waals surface area contributed by atoms with Crippen LogP contribution in [-0.2, 0) is 5.88 Å². The van der Waals surface area contributed by atoms with Crippen LogP contribution in [-0.4, -0.2) is 9.97 Å². The lowest BCUT2D eigenvalue weighted by Gasteiger charge is -2.07. The molecule has 94 valence electrons. The summed E-state index contributed by atoms with van der Waals surface area (Å²) in [6.07, 6.45) is 1.69. The summed E-state index contributed by atoms with van der Waals surface area (Å²) < 4.78 is 6.65. The van der Waals surface area contributed by atoms with Crippen molar-refractivity contribution in [3.8, 4) is 11.8 Å².